The Bertz CT molecular complexity index is 668. The van der Waals surface area contributed by atoms with E-state index in [1.165, 1.54) is 0 Å². The number of halogens is 1. The van der Waals surface area contributed by atoms with Gasteiger partial charge in [0, 0.05) is 5.69 Å². The summed E-state index contributed by atoms with van der Waals surface area (Å²) in [6.45, 7) is 1.79. The highest BCUT2D eigenvalue weighted by atomic mass is 35.5. The zero-order valence-corrected chi connectivity index (χ0v) is 11.7. The fourth-order valence-corrected chi connectivity index (χ4v) is 1.89. The van der Waals surface area contributed by atoms with Crippen molar-refractivity contribution in [3.8, 4) is 0 Å². The Morgan fingerprint density at radius 3 is 2.65 bits per heavy atom. The largest absolute Gasteiger partial charge is 0.399 e. The normalized spacial score (nSPS) is 11.2. The number of hydrogen-bond acceptors (Lipinski definition) is 3. The van der Waals surface area contributed by atoms with Crippen LogP contribution in [-0.2, 0) is 0 Å². The summed E-state index contributed by atoms with van der Waals surface area (Å²) >= 11 is 5.95. The van der Waals surface area contributed by atoms with Gasteiger partial charge in [0.1, 0.15) is 0 Å². The van der Waals surface area contributed by atoms with Gasteiger partial charge in [0.2, 0.25) is 0 Å². The van der Waals surface area contributed by atoms with Gasteiger partial charge in [0.05, 0.1) is 16.3 Å². The summed E-state index contributed by atoms with van der Waals surface area (Å²) in [4.78, 5) is 11.9. The van der Waals surface area contributed by atoms with E-state index in [1.54, 1.807) is 43.3 Å². The predicted molar refractivity (Wildman–Crippen MR) is 82.0 cm³/mol. The van der Waals surface area contributed by atoms with E-state index < -0.39 is 0 Å². The molecule has 0 aliphatic carbocycles. The summed E-state index contributed by atoms with van der Waals surface area (Å²) < 4.78 is 0. The molecule has 0 bridgehead atoms. The lowest BCUT2D eigenvalue weighted by Crippen LogP contribution is -2.19. The maximum absolute atomic E-state index is 11.9. The number of nitrogens with two attached hydrogens (primary N) is 1. The highest BCUT2D eigenvalue weighted by Gasteiger charge is 2.08. The summed E-state index contributed by atoms with van der Waals surface area (Å²) in [5, 5.41) is 4.45. The van der Waals surface area contributed by atoms with E-state index in [1.807, 2.05) is 12.1 Å². The number of anilines is 1. The zero-order chi connectivity index (χ0) is 14.5. The van der Waals surface area contributed by atoms with Crippen molar-refractivity contribution in [3.63, 3.8) is 0 Å². The number of nitrogens with zero attached hydrogens (tertiary/aromatic N) is 1. The van der Waals surface area contributed by atoms with Crippen LogP contribution in [-0.4, -0.2) is 11.6 Å². The smallest absolute Gasteiger partial charge is 0.272 e. The van der Waals surface area contributed by atoms with Gasteiger partial charge >= 0.3 is 0 Å². The van der Waals surface area contributed by atoms with Gasteiger partial charge < -0.3 is 5.73 Å². The first-order chi connectivity index (χ1) is 9.58. The molecule has 2 aromatic carbocycles. The van der Waals surface area contributed by atoms with E-state index in [0.29, 0.717) is 22.0 Å². The molecule has 20 heavy (non-hydrogen) atoms. The molecule has 0 saturated heterocycles. The molecule has 0 heterocycles. The summed E-state index contributed by atoms with van der Waals surface area (Å²) in [7, 11) is 0. The van der Waals surface area contributed by atoms with Gasteiger partial charge in [-0.05, 0) is 36.8 Å². The van der Waals surface area contributed by atoms with E-state index in [-0.39, 0.29) is 5.91 Å². The quantitative estimate of drug-likeness (QED) is 0.517. The molecule has 2 aromatic rings. The van der Waals surface area contributed by atoms with Crippen LogP contribution in [0, 0.1) is 0 Å². The van der Waals surface area contributed by atoms with Crippen LogP contribution < -0.4 is 11.2 Å². The SMILES string of the molecule is CC(=NNC(=O)c1ccccc1Cl)c1cccc(N)c1. The van der Waals surface area contributed by atoms with Crippen molar-refractivity contribution >= 4 is 28.9 Å². The first kappa shape index (κ1) is 14.1. The number of rotatable bonds is 3. The van der Waals surface area contributed by atoms with Crippen molar-refractivity contribution in [1.82, 2.24) is 5.43 Å². The Balaban J connectivity index is 2.13. The molecule has 0 radical (unpaired) electrons. The summed E-state index contributed by atoms with van der Waals surface area (Å²) in [6.07, 6.45) is 0. The number of amides is 1. The average Bonchev–Trinajstić information content (AvgIpc) is 2.45. The van der Waals surface area contributed by atoms with Gasteiger partial charge in [-0.3, -0.25) is 4.79 Å². The van der Waals surface area contributed by atoms with Crippen LogP contribution in [0.15, 0.2) is 53.6 Å². The molecule has 2 rings (SSSR count). The number of carbonyl (C=O) groups is 1. The summed E-state index contributed by atoms with van der Waals surface area (Å²) in [5.74, 6) is -0.348. The molecular formula is C15H14ClN3O. The molecule has 0 aliphatic rings. The fraction of sp³-hybridized carbons (Fsp3) is 0.0667. The average molecular weight is 288 g/mol. The lowest BCUT2D eigenvalue weighted by atomic mass is 10.1. The number of nitrogens with one attached hydrogen (secondary N) is 1. The van der Waals surface area contributed by atoms with Gasteiger partial charge in [0.15, 0.2) is 0 Å². The molecule has 0 saturated carbocycles. The van der Waals surface area contributed by atoms with Crippen LogP contribution in [0.5, 0.6) is 0 Å². The van der Waals surface area contributed by atoms with Crippen LogP contribution in [0.4, 0.5) is 5.69 Å². The van der Waals surface area contributed by atoms with Crippen LogP contribution in [0.25, 0.3) is 0 Å². The first-order valence-electron chi connectivity index (χ1n) is 6.03. The second kappa shape index (κ2) is 6.21. The number of carbonyl (C=O) groups excluding carboxylic acids is 1. The third-order valence-corrected chi connectivity index (χ3v) is 3.08. The third-order valence-electron chi connectivity index (χ3n) is 2.75. The van der Waals surface area contributed by atoms with Crippen molar-refractivity contribution in [2.24, 2.45) is 5.10 Å². The lowest BCUT2D eigenvalue weighted by Gasteiger charge is -2.05. The standard InChI is InChI=1S/C15H14ClN3O/c1-10(11-5-4-6-12(17)9-11)18-19-15(20)13-7-2-3-8-14(13)16/h2-9H,17H2,1H3,(H,19,20). The third kappa shape index (κ3) is 3.36. The van der Waals surface area contributed by atoms with Gasteiger partial charge in [-0.25, -0.2) is 5.43 Å². The monoisotopic (exact) mass is 287 g/mol. The molecule has 0 aromatic heterocycles. The first-order valence-corrected chi connectivity index (χ1v) is 6.41. The van der Waals surface area contributed by atoms with Crippen molar-refractivity contribution in [2.75, 3.05) is 5.73 Å². The minimum atomic E-state index is -0.348. The Labute approximate surface area is 122 Å². The molecule has 1 amide bonds. The van der Waals surface area contributed by atoms with Crippen LogP contribution >= 0.6 is 11.6 Å². The van der Waals surface area contributed by atoms with Gasteiger partial charge in [-0.15, -0.1) is 0 Å². The number of hydrogen-bond donors (Lipinski definition) is 2. The molecule has 4 nitrogen and oxygen atoms in total. The Morgan fingerprint density at radius 1 is 1.20 bits per heavy atom. The Morgan fingerprint density at radius 2 is 1.95 bits per heavy atom. The highest BCUT2D eigenvalue weighted by molar-refractivity contribution is 6.33. The van der Waals surface area contributed by atoms with Crippen LogP contribution in [0.2, 0.25) is 5.02 Å². The van der Waals surface area contributed by atoms with Crippen molar-refractivity contribution in [2.45, 2.75) is 6.92 Å². The molecule has 102 valence electrons. The molecule has 0 unspecified atom stereocenters. The van der Waals surface area contributed by atoms with Crippen molar-refractivity contribution in [1.29, 1.82) is 0 Å². The van der Waals surface area contributed by atoms with Crippen LogP contribution in [0.1, 0.15) is 22.8 Å². The molecule has 0 spiro atoms. The number of hydrazone groups is 1. The predicted octanol–water partition coefficient (Wildman–Crippen LogP) is 3.08. The van der Waals surface area contributed by atoms with Crippen LogP contribution in [0.3, 0.4) is 0 Å². The van der Waals surface area contributed by atoms with Gasteiger partial charge in [-0.2, -0.15) is 5.10 Å². The lowest BCUT2D eigenvalue weighted by molar-refractivity contribution is 0.0955. The van der Waals surface area contributed by atoms with E-state index >= 15 is 0 Å². The second-order valence-electron chi connectivity index (χ2n) is 4.24. The molecule has 5 heteroatoms. The zero-order valence-electron chi connectivity index (χ0n) is 10.9. The molecule has 0 fully saturated rings. The van der Waals surface area contributed by atoms with E-state index in [4.69, 9.17) is 17.3 Å². The minimum absolute atomic E-state index is 0.348. The van der Waals surface area contributed by atoms with Crippen molar-refractivity contribution < 1.29 is 4.79 Å². The Kier molecular flexibility index (Phi) is 4.38. The maximum Gasteiger partial charge on any atom is 0.272 e. The van der Waals surface area contributed by atoms with Crippen molar-refractivity contribution in [3.05, 3.63) is 64.7 Å². The molecule has 0 atom stereocenters. The topological polar surface area (TPSA) is 67.5 Å². The fourth-order valence-electron chi connectivity index (χ4n) is 1.67. The van der Waals surface area contributed by atoms with E-state index in [2.05, 4.69) is 10.5 Å². The van der Waals surface area contributed by atoms with E-state index in [9.17, 15) is 4.79 Å². The molecular weight excluding hydrogens is 274 g/mol. The van der Waals surface area contributed by atoms with E-state index in [0.717, 1.165) is 5.56 Å². The molecule has 3 N–H and O–H groups in total. The molecule has 0 aliphatic heterocycles. The number of benzene rings is 2. The maximum atomic E-state index is 11.9. The Hall–Kier alpha value is -2.33. The van der Waals surface area contributed by atoms with Gasteiger partial charge in [-0.1, -0.05) is 35.9 Å². The summed E-state index contributed by atoms with van der Waals surface area (Å²) in [6, 6.07) is 14.1. The highest BCUT2D eigenvalue weighted by Crippen LogP contribution is 2.14. The van der Waals surface area contributed by atoms with Gasteiger partial charge in [0.25, 0.3) is 5.91 Å². The number of nitrogen functional groups attached to an aromatic ring is 1. The second-order valence-corrected chi connectivity index (χ2v) is 4.65. The summed E-state index contributed by atoms with van der Waals surface area (Å²) in [5.41, 5.74) is 10.7. The minimum Gasteiger partial charge on any atom is -0.399 e.